The Morgan fingerprint density at radius 1 is 1.16 bits per heavy atom. The number of carbonyl (C=O) groups is 1. The fourth-order valence-electron chi connectivity index (χ4n) is 1.57. The molecule has 0 aliphatic rings. The van der Waals surface area contributed by atoms with Crippen molar-refractivity contribution >= 4 is 39.3 Å². The van der Waals surface area contributed by atoms with Crippen LogP contribution in [0.5, 0.6) is 0 Å². The Hall–Kier alpha value is -1.46. The molecule has 0 radical (unpaired) electrons. The summed E-state index contributed by atoms with van der Waals surface area (Å²) in [6, 6.07) is 13.3. The second-order valence-electron chi connectivity index (χ2n) is 4.02. The van der Waals surface area contributed by atoms with Gasteiger partial charge < -0.3 is 11.5 Å². The molecule has 4 N–H and O–H groups in total. The van der Waals surface area contributed by atoms with Crippen molar-refractivity contribution in [1.29, 1.82) is 0 Å². The molecule has 0 atom stereocenters. The van der Waals surface area contributed by atoms with Crippen molar-refractivity contribution in [1.82, 2.24) is 0 Å². The standard InChI is InChI=1S/C14H13BrN2OS/c15-11-3-5-12(6-4-11)19-8-10-2-1-9(14(17)18)7-13(10)16/h1-7H,8,16H2,(H2,17,18). The van der Waals surface area contributed by atoms with Gasteiger partial charge >= 0.3 is 0 Å². The number of rotatable bonds is 4. The number of amides is 1. The first-order valence-corrected chi connectivity index (χ1v) is 7.40. The van der Waals surface area contributed by atoms with Gasteiger partial charge in [0.25, 0.3) is 0 Å². The molecule has 0 heterocycles. The van der Waals surface area contributed by atoms with E-state index in [1.807, 2.05) is 30.3 Å². The highest BCUT2D eigenvalue weighted by Crippen LogP contribution is 2.27. The van der Waals surface area contributed by atoms with Crippen LogP contribution in [0.2, 0.25) is 0 Å². The van der Waals surface area contributed by atoms with Crippen LogP contribution in [0.4, 0.5) is 5.69 Å². The number of hydrogen-bond donors (Lipinski definition) is 2. The van der Waals surface area contributed by atoms with Crippen LogP contribution in [0.15, 0.2) is 51.8 Å². The van der Waals surface area contributed by atoms with Crippen LogP contribution >= 0.6 is 27.7 Å². The highest BCUT2D eigenvalue weighted by atomic mass is 79.9. The van der Waals surface area contributed by atoms with Crippen molar-refractivity contribution in [3.63, 3.8) is 0 Å². The third-order valence-electron chi connectivity index (χ3n) is 2.64. The lowest BCUT2D eigenvalue weighted by molar-refractivity contribution is 0.100. The van der Waals surface area contributed by atoms with E-state index in [-0.39, 0.29) is 0 Å². The van der Waals surface area contributed by atoms with Gasteiger partial charge in [-0.15, -0.1) is 11.8 Å². The van der Waals surface area contributed by atoms with E-state index in [9.17, 15) is 4.79 Å². The van der Waals surface area contributed by atoms with E-state index >= 15 is 0 Å². The maximum atomic E-state index is 11.0. The molecule has 5 heteroatoms. The van der Waals surface area contributed by atoms with Gasteiger partial charge in [-0.1, -0.05) is 22.0 Å². The lowest BCUT2D eigenvalue weighted by Gasteiger charge is -2.07. The molecule has 0 saturated heterocycles. The van der Waals surface area contributed by atoms with E-state index in [2.05, 4.69) is 15.9 Å². The number of nitrogens with two attached hydrogens (primary N) is 2. The van der Waals surface area contributed by atoms with Crippen LogP contribution < -0.4 is 11.5 Å². The van der Waals surface area contributed by atoms with Crippen LogP contribution in [-0.2, 0) is 5.75 Å². The average molecular weight is 337 g/mol. The Morgan fingerprint density at radius 2 is 1.84 bits per heavy atom. The van der Waals surface area contributed by atoms with E-state index in [4.69, 9.17) is 11.5 Å². The number of thioether (sulfide) groups is 1. The Morgan fingerprint density at radius 3 is 2.42 bits per heavy atom. The Labute approximate surface area is 124 Å². The molecular weight excluding hydrogens is 324 g/mol. The summed E-state index contributed by atoms with van der Waals surface area (Å²) in [6.45, 7) is 0. The molecule has 2 rings (SSSR count). The first kappa shape index (κ1) is 14.0. The van der Waals surface area contributed by atoms with E-state index in [0.717, 1.165) is 15.8 Å². The SMILES string of the molecule is NC(=O)c1ccc(CSc2ccc(Br)cc2)c(N)c1. The minimum atomic E-state index is -0.459. The number of primary amides is 1. The first-order valence-electron chi connectivity index (χ1n) is 5.63. The second-order valence-corrected chi connectivity index (χ2v) is 5.98. The molecule has 0 fully saturated rings. The molecule has 2 aromatic rings. The highest BCUT2D eigenvalue weighted by Gasteiger charge is 2.05. The van der Waals surface area contributed by atoms with Crippen molar-refractivity contribution in [3.8, 4) is 0 Å². The largest absolute Gasteiger partial charge is 0.398 e. The molecule has 3 nitrogen and oxygen atoms in total. The summed E-state index contributed by atoms with van der Waals surface area (Å²) in [7, 11) is 0. The Kier molecular flexibility index (Phi) is 4.50. The van der Waals surface area contributed by atoms with Gasteiger partial charge in [-0.2, -0.15) is 0 Å². The summed E-state index contributed by atoms with van der Waals surface area (Å²) in [6.07, 6.45) is 0. The van der Waals surface area contributed by atoms with Crippen molar-refractivity contribution in [2.45, 2.75) is 10.6 Å². The Balaban J connectivity index is 2.07. The van der Waals surface area contributed by atoms with Crippen molar-refractivity contribution in [3.05, 3.63) is 58.1 Å². The molecule has 0 bridgehead atoms. The predicted molar refractivity (Wildman–Crippen MR) is 83.1 cm³/mol. The van der Waals surface area contributed by atoms with Crippen LogP contribution in [0.25, 0.3) is 0 Å². The molecule has 0 unspecified atom stereocenters. The van der Waals surface area contributed by atoms with Crippen molar-refractivity contribution in [2.24, 2.45) is 5.73 Å². The third kappa shape index (κ3) is 3.75. The molecule has 98 valence electrons. The molecule has 0 aromatic heterocycles. The smallest absolute Gasteiger partial charge is 0.248 e. The average Bonchev–Trinajstić information content (AvgIpc) is 2.39. The van der Waals surface area contributed by atoms with Gasteiger partial charge in [0.15, 0.2) is 0 Å². The van der Waals surface area contributed by atoms with E-state index in [0.29, 0.717) is 11.3 Å². The minimum absolute atomic E-state index is 0.440. The number of halogens is 1. The Bertz CT molecular complexity index is 599. The molecule has 0 saturated carbocycles. The lowest BCUT2D eigenvalue weighted by Crippen LogP contribution is -2.11. The number of carbonyl (C=O) groups excluding carboxylic acids is 1. The van der Waals surface area contributed by atoms with Gasteiger partial charge in [0.2, 0.25) is 5.91 Å². The van der Waals surface area contributed by atoms with Crippen molar-refractivity contribution in [2.75, 3.05) is 5.73 Å². The maximum absolute atomic E-state index is 11.0. The molecular formula is C14H13BrN2OS. The topological polar surface area (TPSA) is 69.1 Å². The van der Waals surface area contributed by atoms with Gasteiger partial charge in [0, 0.05) is 26.4 Å². The predicted octanol–water partition coefficient (Wildman–Crippen LogP) is 3.42. The molecule has 19 heavy (non-hydrogen) atoms. The zero-order valence-electron chi connectivity index (χ0n) is 10.1. The minimum Gasteiger partial charge on any atom is -0.398 e. The summed E-state index contributed by atoms with van der Waals surface area (Å²) in [4.78, 5) is 12.2. The normalized spacial score (nSPS) is 10.4. The van der Waals surface area contributed by atoms with E-state index in [1.54, 1.807) is 23.9 Å². The summed E-state index contributed by atoms with van der Waals surface area (Å²) in [5.41, 5.74) is 13.2. The van der Waals surface area contributed by atoms with Gasteiger partial charge in [-0.3, -0.25) is 4.79 Å². The third-order valence-corrected chi connectivity index (χ3v) is 4.23. The van der Waals surface area contributed by atoms with Crippen LogP contribution in [-0.4, -0.2) is 5.91 Å². The number of benzene rings is 2. The van der Waals surface area contributed by atoms with E-state index in [1.165, 1.54) is 4.90 Å². The lowest BCUT2D eigenvalue weighted by atomic mass is 10.1. The fraction of sp³-hybridized carbons (Fsp3) is 0.0714. The number of hydrogen-bond acceptors (Lipinski definition) is 3. The number of anilines is 1. The van der Waals surface area contributed by atoms with Crippen LogP contribution in [0.3, 0.4) is 0 Å². The van der Waals surface area contributed by atoms with Crippen molar-refractivity contribution < 1.29 is 4.79 Å². The quantitative estimate of drug-likeness (QED) is 0.663. The van der Waals surface area contributed by atoms with Gasteiger partial charge in [0.05, 0.1) is 0 Å². The molecule has 0 aliphatic carbocycles. The van der Waals surface area contributed by atoms with Gasteiger partial charge in [-0.25, -0.2) is 0 Å². The second kappa shape index (κ2) is 6.12. The molecule has 0 spiro atoms. The summed E-state index contributed by atoms with van der Waals surface area (Å²) in [5, 5.41) is 0. The maximum Gasteiger partial charge on any atom is 0.248 e. The summed E-state index contributed by atoms with van der Waals surface area (Å²) < 4.78 is 1.06. The van der Waals surface area contributed by atoms with Gasteiger partial charge in [0.1, 0.15) is 0 Å². The zero-order valence-corrected chi connectivity index (χ0v) is 12.5. The highest BCUT2D eigenvalue weighted by molar-refractivity contribution is 9.10. The van der Waals surface area contributed by atoms with E-state index < -0.39 is 5.91 Å². The van der Waals surface area contributed by atoms with Gasteiger partial charge in [-0.05, 0) is 42.0 Å². The van der Waals surface area contributed by atoms with Crippen LogP contribution in [0, 0.1) is 0 Å². The monoisotopic (exact) mass is 336 g/mol. The molecule has 2 aromatic carbocycles. The molecule has 0 aliphatic heterocycles. The summed E-state index contributed by atoms with van der Waals surface area (Å²) in [5.74, 6) is 0.297. The summed E-state index contributed by atoms with van der Waals surface area (Å²) >= 11 is 5.10. The molecule has 1 amide bonds. The number of nitrogen functional groups attached to an aromatic ring is 1. The fourth-order valence-corrected chi connectivity index (χ4v) is 2.75. The van der Waals surface area contributed by atoms with Crippen LogP contribution in [0.1, 0.15) is 15.9 Å². The first-order chi connectivity index (χ1) is 9.06. The zero-order chi connectivity index (χ0) is 13.8.